The fourth-order valence-electron chi connectivity index (χ4n) is 4.66. The summed E-state index contributed by atoms with van der Waals surface area (Å²) in [6, 6.07) is 16.4. The summed E-state index contributed by atoms with van der Waals surface area (Å²) in [5.74, 6) is 0.618. The van der Waals surface area contributed by atoms with Gasteiger partial charge in [-0.15, -0.1) is 0 Å². The summed E-state index contributed by atoms with van der Waals surface area (Å²) in [6.45, 7) is 3.58. The minimum atomic E-state index is -0.00722. The number of hydrogen-bond acceptors (Lipinski definition) is 4. The van der Waals surface area contributed by atoms with Gasteiger partial charge in [0.15, 0.2) is 12.4 Å². The number of fused-ring (bicyclic) bond motifs is 1. The van der Waals surface area contributed by atoms with E-state index in [0.717, 1.165) is 38.8 Å². The zero-order chi connectivity index (χ0) is 21.1. The summed E-state index contributed by atoms with van der Waals surface area (Å²) >= 11 is 0. The normalized spacial score (nSPS) is 19.3. The van der Waals surface area contributed by atoms with Crippen molar-refractivity contribution in [1.82, 2.24) is 9.80 Å². The van der Waals surface area contributed by atoms with Crippen LogP contribution in [-0.4, -0.2) is 60.3 Å². The van der Waals surface area contributed by atoms with Crippen molar-refractivity contribution in [3.8, 4) is 5.75 Å². The van der Waals surface area contributed by atoms with Crippen molar-refractivity contribution in [2.24, 2.45) is 0 Å². The number of carbonyl (C=O) groups is 2. The molecule has 1 saturated heterocycles. The van der Waals surface area contributed by atoms with Gasteiger partial charge in [0, 0.05) is 31.2 Å². The Morgan fingerprint density at radius 2 is 1.73 bits per heavy atom. The molecule has 1 aliphatic heterocycles. The lowest BCUT2D eigenvalue weighted by Crippen LogP contribution is -2.52. The molecule has 2 aromatic rings. The molecule has 0 spiro atoms. The Morgan fingerprint density at radius 1 is 1.07 bits per heavy atom. The number of hydrogen-bond donors (Lipinski definition) is 0. The third-order valence-electron chi connectivity index (χ3n) is 6.54. The molecule has 1 heterocycles. The SMILES string of the molecule is CC(=O)c1ccc(OCC(=O)N(C)[C@@H]2CCCN(C3Cc4ccccc4C3)C2)cc1. The van der Waals surface area contributed by atoms with Crippen LogP contribution in [0.2, 0.25) is 0 Å². The van der Waals surface area contributed by atoms with Gasteiger partial charge < -0.3 is 9.64 Å². The van der Waals surface area contributed by atoms with Crippen molar-refractivity contribution >= 4 is 11.7 Å². The Hall–Kier alpha value is -2.66. The predicted molar refractivity (Wildman–Crippen MR) is 117 cm³/mol. The van der Waals surface area contributed by atoms with Crippen LogP contribution < -0.4 is 4.74 Å². The molecule has 0 bridgehead atoms. The minimum absolute atomic E-state index is 0.00722. The van der Waals surface area contributed by atoms with E-state index in [0.29, 0.717) is 17.4 Å². The third-order valence-corrected chi connectivity index (χ3v) is 6.54. The summed E-state index contributed by atoms with van der Waals surface area (Å²) < 4.78 is 5.67. The minimum Gasteiger partial charge on any atom is -0.484 e. The van der Waals surface area contributed by atoms with Crippen LogP contribution in [0.5, 0.6) is 5.75 Å². The zero-order valence-corrected chi connectivity index (χ0v) is 17.8. The maximum absolute atomic E-state index is 12.7. The number of carbonyl (C=O) groups excluding carboxylic acids is 2. The Balaban J connectivity index is 1.30. The van der Waals surface area contributed by atoms with E-state index >= 15 is 0 Å². The van der Waals surface area contributed by atoms with E-state index in [4.69, 9.17) is 4.74 Å². The first-order chi connectivity index (χ1) is 14.5. The molecular weight excluding hydrogens is 376 g/mol. The van der Waals surface area contributed by atoms with Crippen LogP contribution in [0.4, 0.5) is 0 Å². The van der Waals surface area contributed by atoms with Crippen molar-refractivity contribution in [3.05, 3.63) is 65.2 Å². The number of benzene rings is 2. The highest BCUT2D eigenvalue weighted by atomic mass is 16.5. The highest BCUT2D eigenvalue weighted by Gasteiger charge is 2.32. The van der Waals surface area contributed by atoms with Gasteiger partial charge in [-0.1, -0.05) is 24.3 Å². The Bertz CT molecular complexity index is 884. The molecule has 0 aromatic heterocycles. The maximum atomic E-state index is 12.7. The van der Waals surface area contributed by atoms with Crippen LogP contribution in [0.3, 0.4) is 0 Å². The smallest absolute Gasteiger partial charge is 0.260 e. The van der Waals surface area contributed by atoms with E-state index in [9.17, 15) is 9.59 Å². The summed E-state index contributed by atoms with van der Waals surface area (Å²) in [7, 11) is 1.89. The van der Waals surface area contributed by atoms with E-state index in [1.165, 1.54) is 18.1 Å². The quantitative estimate of drug-likeness (QED) is 0.691. The van der Waals surface area contributed by atoms with Crippen LogP contribution in [0.25, 0.3) is 0 Å². The molecule has 1 fully saturated rings. The second-order valence-electron chi connectivity index (χ2n) is 8.50. The van der Waals surface area contributed by atoms with Crippen molar-refractivity contribution < 1.29 is 14.3 Å². The molecular formula is C25H30N2O3. The first kappa shape index (κ1) is 20.6. The Morgan fingerprint density at radius 3 is 2.37 bits per heavy atom. The maximum Gasteiger partial charge on any atom is 0.260 e. The van der Waals surface area contributed by atoms with Crippen LogP contribution in [0.15, 0.2) is 48.5 Å². The van der Waals surface area contributed by atoms with Crippen molar-refractivity contribution in [3.63, 3.8) is 0 Å². The second kappa shape index (κ2) is 9.00. The number of nitrogens with zero attached hydrogens (tertiary/aromatic N) is 2. The first-order valence-corrected chi connectivity index (χ1v) is 10.8. The molecule has 0 radical (unpaired) electrons. The van der Waals surface area contributed by atoms with Gasteiger partial charge in [0.05, 0.1) is 0 Å². The molecule has 30 heavy (non-hydrogen) atoms. The average Bonchev–Trinajstić information content (AvgIpc) is 3.22. The molecule has 5 heteroatoms. The summed E-state index contributed by atoms with van der Waals surface area (Å²) in [5.41, 5.74) is 3.58. The van der Waals surface area contributed by atoms with Gasteiger partial charge in [-0.05, 0) is 74.5 Å². The molecule has 0 unspecified atom stereocenters. The van der Waals surface area contributed by atoms with E-state index in [2.05, 4.69) is 29.2 Å². The highest BCUT2D eigenvalue weighted by molar-refractivity contribution is 5.94. The van der Waals surface area contributed by atoms with Crippen LogP contribution in [0, 0.1) is 0 Å². The average molecular weight is 407 g/mol. The van der Waals surface area contributed by atoms with E-state index in [-0.39, 0.29) is 24.3 Å². The Kier molecular flexibility index (Phi) is 6.18. The lowest BCUT2D eigenvalue weighted by molar-refractivity contribution is -0.135. The number of rotatable bonds is 6. The highest BCUT2D eigenvalue weighted by Crippen LogP contribution is 2.28. The summed E-state index contributed by atoms with van der Waals surface area (Å²) in [4.78, 5) is 28.5. The first-order valence-electron chi connectivity index (χ1n) is 10.8. The lowest BCUT2D eigenvalue weighted by atomic mass is 10.0. The van der Waals surface area contributed by atoms with Gasteiger partial charge >= 0.3 is 0 Å². The van der Waals surface area contributed by atoms with Gasteiger partial charge in [0.2, 0.25) is 0 Å². The summed E-state index contributed by atoms with van der Waals surface area (Å²) in [5, 5.41) is 0. The number of Topliss-reactive ketones (excluding diaryl/α,β-unsaturated/α-hetero) is 1. The fraction of sp³-hybridized carbons (Fsp3) is 0.440. The number of likely N-dealkylation sites (tertiary alicyclic amines) is 1. The predicted octanol–water partition coefficient (Wildman–Crippen LogP) is 3.36. The van der Waals surface area contributed by atoms with Gasteiger partial charge in [0.1, 0.15) is 5.75 Å². The molecule has 4 rings (SSSR count). The fourth-order valence-corrected chi connectivity index (χ4v) is 4.66. The number of amides is 1. The van der Waals surface area contributed by atoms with E-state index in [1.54, 1.807) is 24.3 Å². The molecule has 1 aliphatic carbocycles. The molecule has 0 saturated carbocycles. The topological polar surface area (TPSA) is 49.9 Å². The van der Waals surface area contributed by atoms with E-state index < -0.39 is 0 Å². The van der Waals surface area contributed by atoms with Crippen molar-refractivity contribution in [2.45, 2.75) is 44.7 Å². The number of piperidine rings is 1. The second-order valence-corrected chi connectivity index (χ2v) is 8.50. The van der Waals surface area contributed by atoms with E-state index in [1.807, 2.05) is 11.9 Å². The number of ketones is 1. The molecule has 0 N–H and O–H groups in total. The van der Waals surface area contributed by atoms with Gasteiger partial charge in [0.25, 0.3) is 5.91 Å². The molecule has 5 nitrogen and oxygen atoms in total. The Labute approximate surface area is 178 Å². The molecule has 1 amide bonds. The molecule has 2 aliphatic rings. The largest absolute Gasteiger partial charge is 0.484 e. The van der Waals surface area contributed by atoms with Crippen molar-refractivity contribution in [1.29, 1.82) is 0 Å². The monoisotopic (exact) mass is 406 g/mol. The molecule has 158 valence electrons. The van der Waals surface area contributed by atoms with Crippen LogP contribution >= 0.6 is 0 Å². The van der Waals surface area contributed by atoms with Crippen LogP contribution in [-0.2, 0) is 17.6 Å². The summed E-state index contributed by atoms with van der Waals surface area (Å²) in [6.07, 6.45) is 4.37. The van der Waals surface area contributed by atoms with Crippen LogP contribution in [0.1, 0.15) is 41.3 Å². The lowest BCUT2D eigenvalue weighted by Gasteiger charge is -2.40. The number of likely N-dealkylation sites (N-methyl/N-ethyl adjacent to an activating group) is 1. The van der Waals surface area contributed by atoms with Gasteiger partial charge in [-0.3, -0.25) is 14.5 Å². The van der Waals surface area contributed by atoms with Gasteiger partial charge in [-0.2, -0.15) is 0 Å². The zero-order valence-electron chi connectivity index (χ0n) is 17.8. The third kappa shape index (κ3) is 4.57. The standard InChI is InChI=1S/C25H30N2O3/c1-18(28)19-9-11-24(12-10-19)30-17-25(29)26(2)22-8-5-13-27(16-22)23-14-20-6-3-4-7-21(20)15-23/h3-4,6-7,9-12,22-23H,5,8,13-17H2,1-2H3/t22-/m1/s1. The molecule has 2 aromatic carbocycles. The van der Waals surface area contributed by atoms with Gasteiger partial charge in [-0.25, -0.2) is 0 Å². The number of ether oxygens (including phenoxy) is 1. The molecule has 1 atom stereocenters. The van der Waals surface area contributed by atoms with Crippen molar-refractivity contribution in [2.75, 3.05) is 26.7 Å².